The number of nitrogens with zero attached hydrogens (tertiary/aromatic N) is 1. The van der Waals surface area contributed by atoms with Crippen molar-refractivity contribution in [3.05, 3.63) is 0 Å². The monoisotopic (exact) mass is 217 g/mol. The molecule has 0 bridgehead atoms. The molecular weight excluding hydrogens is 198 g/mol. The standard InChI is InChI=1S/C10H19NO4/c1-3-8-6-11(4-5-15-8)9(7-14-2)10(12)13/h8-9H,3-7H2,1-2H3,(H,12,13). The van der Waals surface area contributed by atoms with Gasteiger partial charge in [0.25, 0.3) is 0 Å². The van der Waals surface area contributed by atoms with Crippen molar-refractivity contribution in [1.29, 1.82) is 0 Å². The molecule has 0 amide bonds. The first-order chi connectivity index (χ1) is 7.19. The summed E-state index contributed by atoms with van der Waals surface area (Å²) >= 11 is 0. The number of rotatable bonds is 5. The fraction of sp³-hybridized carbons (Fsp3) is 0.900. The van der Waals surface area contributed by atoms with Crippen LogP contribution in [-0.2, 0) is 14.3 Å². The second-order valence-electron chi connectivity index (χ2n) is 3.71. The molecule has 1 aliphatic rings. The van der Waals surface area contributed by atoms with Crippen molar-refractivity contribution in [3.63, 3.8) is 0 Å². The maximum absolute atomic E-state index is 11.0. The molecule has 0 saturated carbocycles. The summed E-state index contributed by atoms with van der Waals surface area (Å²) in [6, 6.07) is -0.548. The van der Waals surface area contributed by atoms with Crippen molar-refractivity contribution in [2.45, 2.75) is 25.5 Å². The summed E-state index contributed by atoms with van der Waals surface area (Å²) < 4.78 is 10.4. The van der Waals surface area contributed by atoms with Gasteiger partial charge in [-0.25, -0.2) is 0 Å². The first kappa shape index (κ1) is 12.4. The molecule has 15 heavy (non-hydrogen) atoms. The van der Waals surface area contributed by atoms with Crippen LogP contribution in [0.2, 0.25) is 0 Å². The van der Waals surface area contributed by atoms with Gasteiger partial charge in [0, 0.05) is 20.2 Å². The molecule has 0 radical (unpaired) electrons. The molecule has 1 aliphatic heterocycles. The van der Waals surface area contributed by atoms with Crippen molar-refractivity contribution in [2.75, 3.05) is 33.4 Å². The molecular formula is C10H19NO4. The lowest BCUT2D eigenvalue weighted by Crippen LogP contribution is -2.52. The number of carboxylic acids is 1. The van der Waals surface area contributed by atoms with Crippen molar-refractivity contribution in [3.8, 4) is 0 Å². The lowest BCUT2D eigenvalue weighted by molar-refractivity contribution is -0.149. The molecule has 1 N–H and O–H groups in total. The number of morpholine rings is 1. The Bertz CT molecular complexity index is 210. The maximum Gasteiger partial charge on any atom is 0.323 e. The second-order valence-corrected chi connectivity index (χ2v) is 3.71. The van der Waals surface area contributed by atoms with Crippen LogP contribution in [0, 0.1) is 0 Å². The molecule has 0 aliphatic carbocycles. The molecule has 0 aromatic heterocycles. The lowest BCUT2D eigenvalue weighted by Gasteiger charge is -2.35. The predicted molar refractivity (Wildman–Crippen MR) is 54.9 cm³/mol. The molecule has 0 aromatic carbocycles. The van der Waals surface area contributed by atoms with E-state index in [0.717, 1.165) is 6.42 Å². The Morgan fingerprint density at radius 3 is 3.00 bits per heavy atom. The van der Waals surface area contributed by atoms with Gasteiger partial charge in [-0.15, -0.1) is 0 Å². The van der Waals surface area contributed by atoms with E-state index in [1.165, 1.54) is 7.11 Å². The first-order valence-corrected chi connectivity index (χ1v) is 5.26. The van der Waals surface area contributed by atoms with Crippen LogP contribution in [0.5, 0.6) is 0 Å². The van der Waals surface area contributed by atoms with Crippen LogP contribution < -0.4 is 0 Å². The van der Waals surface area contributed by atoms with Gasteiger partial charge in [0.2, 0.25) is 0 Å². The van der Waals surface area contributed by atoms with E-state index in [0.29, 0.717) is 19.7 Å². The van der Waals surface area contributed by atoms with Crippen LogP contribution in [0.25, 0.3) is 0 Å². The van der Waals surface area contributed by atoms with E-state index in [2.05, 4.69) is 0 Å². The molecule has 1 saturated heterocycles. The Kier molecular flexibility index (Phi) is 5.01. The Balaban J connectivity index is 2.54. The van der Waals surface area contributed by atoms with Gasteiger partial charge >= 0.3 is 5.97 Å². The van der Waals surface area contributed by atoms with Crippen molar-refractivity contribution < 1.29 is 19.4 Å². The fourth-order valence-electron chi connectivity index (χ4n) is 1.76. The zero-order valence-electron chi connectivity index (χ0n) is 9.31. The smallest absolute Gasteiger partial charge is 0.323 e. The Morgan fingerprint density at radius 2 is 2.47 bits per heavy atom. The number of aliphatic carboxylic acids is 1. The topological polar surface area (TPSA) is 59.0 Å². The maximum atomic E-state index is 11.0. The molecule has 5 nitrogen and oxygen atoms in total. The summed E-state index contributed by atoms with van der Waals surface area (Å²) in [4.78, 5) is 12.9. The van der Waals surface area contributed by atoms with Crippen LogP contribution in [0.1, 0.15) is 13.3 Å². The third-order valence-electron chi connectivity index (χ3n) is 2.68. The average Bonchev–Trinajstić information content (AvgIpc) is 2.25. The molecule has 1 heterocycles. The summed E-state index contributed by atoms with van der Waals surface area (Å²) in [7, 11) is 1.52. The number of ether oxygens (including phenoxy) is 2. The highest BCUT2D eigenvalue weighted by Gasteiger charge is 2.30. The molecule has 1 fully saturated rings. The molecule has 2 unspecified atom stereocenters. The molecule has 0 spiro atoms. The average molecular weight is 217 g/mol. The lowest BCUT2D eigenvalue weighted by atomic mass is 10.1. The van der Waals surface area contributed by atoms with E-state index in [1.807, 2.05) is 11.8 Å². The molecule has 0 aromatic rings. The van der Waals surface area contributed by atoms with Gasteiger partial charge in [0.1, 0.15) is 6.04 Å². The summed E-state index contributed by atoms with van der Waals surface area (Å²) in [6.07, 6.45) is 1.06. The minimum atomic E-state index is -0.825. The second kappa shape index (κ2) is 6.05. The van der Waals surface area contributed by atoms with Gasteiger partial charge in [-0.2, -0.15) is 0 Å². The Labute approximate surface area is 90.0 Å². The summed E-state index contributed by atoms with van der Waals surface area (Å²) in [5.74, 6) is -0.825. The first-order valence-electron chi connectivity index (χ1n) is 5.26. The van der Waals surface area contributed by atoms with E-state index < -0.39 is 12.0 Å². The highest BCUT2D eigenvalue weighted by molar-refractivity contribution is 5.73. The summed E-state index contributed by atoms with van der Waals surface area (Å²) in [5.41, 5.74) is 0. The van der Waals surface area contributed by atoms with E-state index in [-0.39, 0.29) is 12.7 Å². The zero-order valence-corrected chi connectivity index (χ0v) is 9.31. The third kappa shape index (κ3) is 3.44. The van der Waals surface area contributed by atoms with Gasteiger partial charge in [-0.05, 0) is 6.42 Å². The predicted octanol–water partition coefficient (Wildman–Crippen LogP) is 0.197. The summed E-state index contributed by atoms with van der Waals surface area (Å²) in [6.45, 7) is 4.21. The number of carboxylic acid groups (broad SMARTS) is 1. The van der Waals surface area contributed by atoms with Gasteiger partial charge in [0.05, 0.1) is 19.3 Å². The molecule has 5 heteroatoms. The van der Waals surface area contributed by atoms with Gasteiger partial charge in [-0.1, -0.05) is 6.92 Å². The molecule has 1 rings (SSSR count). The van der Waals surface area contributed by atoms with E-state index in [9.17, 15) is 4.79 Å². The number of methoxy groups -OCH3 is 1. The molecule has 88 valence electrons. The normalized spacial score (nSPS) is 25.1. The quantitative estimate of drug-likeness (QED) is 0.712. The largest absolute Gasteiger partial charge is 0.480 e. The SMILES string of the molecule is CCC1CN(C(COC)C(=O)O)CCO1. The molecule has 2 atom stereocenters. The number of hydrogen-bond acceptors (Lipinski definition) is 4. The van der Waals surface area contributed by atoms with Gasteiger partial charge in [-0.3, -0.25) is 9.69 Å². The van der Waals surface area contributed by atoms with Crippen molar-refractivity contribution >= 4 is 5.97 Å². The highest BCUT2D eigenvalue weighted by Crippen LogP contribution is 2.11. The third-order valence-corrected chi connectivity index (χ3v) is 2.68. The van der Waals surface area contributed by atoms with Crippen LogP contribution >= 0.6 is 0 Å². The zero-order chi connectivity index (χ0) is 11.3. The van der Waals surface area contributed by atoms with Crippen LogP contribution in [0.3, 0.4) is 0 Å². The van der Waals surface area contributed by atoms with Crippen LogP contribution in [0.15, 0.2) is 0 Å². The van der Waals surface area contributed by atoms with Crippen molar-refractivity contribution in [2.24, 2.45) is 0 Å². The van der Waals surface area contributed by atoms with Crippen LogP contribution in [0.4, 0.5) is 0 Å². The van der Waals surface area contributed by atoms with E-state index >= 15 is 0 Å². The van der Waals surface area contributed by atoms with E-state index in [4.69, 9.17) is 14.6 Å². The highest BCUT2D eigenvalue weighted by atomic mass is 16.5. The Morgan fingerprint density at radius 1 is 1.73 bits per heavy atom. The number of hydrogen-bond donors (Lipinski definition) is 1. The summed E-state index contributed by atoms with van der Waals surface area (Å²) in [5, 5.41) is 9.05. The van der Waals surface area contributed by atoms with E-state index in [1.54, 1.807) is 0 Å². The minimum Gasteiger partial charge on any atom is -0.480 e. The van der Waals surface area contributed by atoms with Gasteiger partial charge < -0.3 is 14.6 Å². The van der Waals surface area contributed by atoms with Gasteiger partial charge in [0.15, 0.2) is 0 Å². The van der Waals surface area contributed by atoms with Crippen LogP contribution in [-0.4, -0.2) is 61.5 Å². The number of carbonyl (C=O) groups is 1. The Hall–Kier alpha value is -0.650. The van der Waals surface area contributed by atoms with Crippen molar-refractivity contribution in [1.82, 2.24) is 4.90 Å². The minimum absolute atomic E-state index is 0.150. The fourth-order valence-corrected chi connectivity index (χ4v) is 1.76.